The molecule has 1 aliphatic heterocycles. The first kappa shape index (κ1) is 12.2. The second-order valence-electron chi connectivity index (χ2n) is 4.49. The van der Waals surface area contributed by atoms with E-state index in [1.54, 1.807) is 24.3 Å². The molecular weight excluding hydrogens is 256 g/mol. The standard InChI is InChI=1S/C15H12N2O3/c1-10-4-6-11(7-5-10)17-15(19)13(14(18)16-17)9-12-3-2-8-20-12/h2-9H,1H3,(H,16,18). The van der Waals surface area contributed by atoms with Crippen molar-refractivity contribution in [3.05, 3.63) is 59.6 Å². The lowest BCUT2D eigenvalue weighted by Gasteiger charge is -2.14. The monoisotopic (exact) mass is 268 g/mol. The average molecular weight is 268 g/mol. The van der Waals surface area contributed by atoms with E-state index < -0.39 is 11.8 Å². The Kier molecular flexibility index (Phi) is 2.87. The number of nitrogens with one attached hydrogen (secondary N) is 1. The van der Waals surface area contributed by atoms with Crippen LogP contribution in [-0.4, -0.2) is 11.8 Å². The number of amides is 2. The maximum atomic E-state index is 12.3. The van der Waals surface area contributed by atoms with Crippen molar-refractivity contribution in [3.63, 3.8) is 0 Å². The van der Waals surface area contributed by atoms with Crippen LogP contribution < -0.4 is 10.4 Å². The van der Waals surface area contributed by atoms with E-state index in [2.05, 4.69) is 5.43 Å². The first-order chi connectivity index (χ1) is 9.65. The molecule has 3 rings (SSSR count). The van der Waals surface area contributed by atoms with Crippen LogP contribution in [0, 0.1) is 6.92 Å². The van der Waals surface area contributed by atoms with Crippen molar-refractivity contribution in [2.75, 3.05) is 5.01 Å². The minimum Gasteiger partial charge on any atom is -0.465 e. The van der Waals surface area contributed by atoms with Gasteiger partial charge in [-0.25, -0.2) is 5.01 Å². The molecule has 1 fully saturated rings. The van der Waals surface area contributed by atoms with Gasteiger partial charge in [0.05, 0.1) is 12.0 Å². The molecule has 0 unspecified atom stereocenters. The van der Waals surface area contributed by atoms with Crippen molar-refractivity contribution < 1.29 is 14.0 Å². The van der Waals surface area contributed by atoms with Gasteiger partial charge in [0.15, 0.2) is 0 Å². The van der Waals surface area contributed by atoms with Crippen LogP contribution in [0.1, 0.15) is 11.3 Å². The van der Waals surface area contributed by atoms with E-state index in [-0.39, 0.29) is 5.57 Å². The molecule has 0 radical (unpaired) electrons. The van der Waals surface area contributed by atoms with Crippen molar-refractivity contribution in [2.45, 2.75) is 6.92 Å². The van der Waals surface area contributed by atoms with Crippen LogP contribution in [0.5, 0.6) is 0 Å². The number of carbonyl (C=O) groups excluding carboxylic acids is 2. The van der Waals surface area contributed by atoms with E-state index in [4.69, 9.17) is 4.42 Å². The second-order valence-corrected chi connectivity index (χ2v) is 4.49. The molecule has 2 aromatic rings. The van der Waals surface area contributed by atoms with E-state index in [9.17, 15) is 9.59 Å². The molecule has 1 N–H and O–H groups in total. The van der Waals surface area contributed by atoms with E-state index in [1.807, 2.05) is 19.1 Å². The van der Waals surface area contributed by atoms with Crippen molar-refractivity contribution >= 4 is 23.6 Å². The molecule has 1 aromatic heterocycles. The SMILES string of the molecule is Cc1ccc(N2NC(=O)C(=Cc3ccco3)C2=O)cc1. The summed E-state index contributed by atoms with van der Waals surface area (Å²) in [4.78, 5) is 24.1. The summed E-state index contributed by atoms with van der Waals surface area (Å²) in [7, 11) is 0. The number of carbonyl (C=O) groups is 2. The Labute approximate surface area is 115 Å². The summed E-state index contributed by atoms with van der Waals surface area (Å²) in [6, 6.07) is 10.7. The van der Waals surface area contributed by atoms with Gasteiger partial charge in [-0.3, -0.25) is 15.0 Å². The zero-order chi connectivity index (χ0) is 14.1. The van der Waals surface area contributed by atoms with Crippen LogP contribution in [0.4, 0.5) is 5.69 Å². The lowest BCUT2D eigenvalue weighted by atomic mass is 10.2. The molecule has 1 saturated heterocycles. The molecule has 0 spiro atoms. The third-order valence-electron chi connectivity index (χ3n) is 3.01. The number of rotatable bonds is 2. The number of anilines is 1. The topological polar surface area (TPSA) is 62.6 Å². The third-order valence-corrected chi connectivity index (χ3v) is 3.01. The number of nitrogens with zero attached hydrogens (tertiary/aromatic N) is 1. The van der Waals surface area contributed by atoms with Gasteiger partial charge in [-0.05, 0) is 37.3 Å². The Morgan fingerprint density at radius 2 is 1.90 bits per heavy atom. The highest BCUT2D eigenvalue weighted by molar-refractivity contribution is 6.31. The Morgan fingerprint density at radius 1 is 1.15 bits per heavy atom. The maximum Gasteiger partial charge on any atom is 0.282 e. The van der Waals surface area contributed by atoms with Gasteiger partial charge in [0.25, 0.3) is 11.8 Å². The summed E-state index contributed by atoms with van der Waals surface area (Å²) < 4.78 is 5.12. The highest BCUT2D eigenvalue weighted by Crippen LogP contribution is 2.21. The number of hydrogen-bond acceptors (Lipinski definition) is 3. The van der Waals surface area contributed by atoms with Crippen molar-refractivity contribution in [1.82, 2.24) is 5.43 Å². The van der Waals surface area contributed by atoms with Gasteiger partial charge in [0.2, 0.25) is 0 Å². The summed E-state index contributed by atoms with van der Waals surface area (Å²) in [5.74, 6) is -0.364. The van der Waals surface area contributed by atoms with Crippen molar-refractivity contribution in [3.8, 4) is 0 Å². The number of hydrogen-bond donors (Lipinski definition) is 1. The maximum absolute atomic E-state index is 12.3. The summed E-state index contributed by atoms with van der Waals surface area (Å²) in [6.45, 7) is 1.95. The van der Waals surface area contributed by atoms with Crippen LogP contribution in [0.2, 0.25) is 0 Å². The zero-order valence-corrected chi connectivity index (χ0v) is 10.8. The minimum absolute atomic E-state index is 0.0560. The fraction of sp³-hybridized carbons (Fsp3) is 0.0667. The number of hydrazine groups is 1. The smallest absolute Gasteiger partial charge is 0.282 e. The lowest BCUT2D eigenvalue weighted by Crippen LogP contribution is -2.35. The molecule has 1 aromatic carbocycles. The molecular formula is C15H12N2O3. The Hall–Kier alpha value is -2.82. The first-order valence-corrected chi connectivity index (χ1v) is 6.12. The predicted molar refractivity (Wildman–Crippen MR) is 73.5 cm³/mol. The molecule has 0 saturated carbocycles. The predicted octanol–water partition coefficient (Wildman–Crippen LogP) is 2.05. The molecule has 0 aliphatic carbocycles. The van der Waals surface area contributed by atoms with Gasteiger partial charge in [-0.2, -0.15) is 0 Å². The number of furan rings is 1. The molecule has 5 nitrogen and oxygen atoms in total. The van der Waals surface area contributed by atoms with Crippen molar-refractivity contribution in [1.29, 1.82) is 0 Å². The molecule has 100 valence electrons. The van der Waals surface area contributed by atoms with E-state index in [1.165, 1.54) is 17.3 Å². The van der Waals surface area contributed by atoms with E-state index in [0.29, 0.717) is 11.4 Å². The van der Waals surface area contributed by atoms with Gasteiger partial charge >= 0.3 is 0 Å². The molecule has 5 heteroatoms. The Bertz CT molecular complexity index is 684. The van der Waals surface area contributed by atoms with Gasteiger partial charge < -0.3 is 4.42 Å². The van der Waals surface area contributed by atoms with E-state index >= 15 is 0 Å². The first-order valence-electron chi connectivity index (χ1n) is 6.12. The van der Waals surface area contributed by atoms with Crippen LogP contribution in [0.3, 0.4) is 0 Å². The second kappa shape index (κ2) is 4.70. The summed E-state index contributed by atoms with van der Waals surface area (Å²) >= 11 is 0. The molecule has 20 heavy (non-hydrogen) atoms. The average Bonchev–Trinajstić information content (AvgIpc) is 3.04. The molecule has 0 bridgehead atoms. The fourth-order valence-corrected chi connectivity index (χ4v) is 1.95. The van der Waals surface area contributed by atoms with Gasteiger partial charge in [-0.15, -0.1) is 0 Å². The molecule has 0 atom stereocenters. The highest BCUT2D eigenvalue weighted by atomic mass is 16.3. The van der Waals surface area contributed by atoms with Crippen LogP contribution in [0.15, 0.2) is 52.7 Å². The Balaban J connectivity index is 1.92. The zero-order valence-electron chi connectivity index (χ0n) is 10.8. The minimum atomic E-state index is -0.438. The Morgan fingerprint density at radius 3 is 2.55 bits per heavy atom. The lowest BCUT2D eigenvalue weighted by molar-refractivity contribution is -0.117. The van der Waals surface area contributed by atoms with Crippen molar-refractivity contribution in [2.24, 2.45) is 0 Å². The number of aryl methyl sites for hydroxylation is 1. The quantitative estimate of drug-likeness (QED) is 0.669. The normalized spacial score (nSPS) is 16.9. The van der Waals surface area contributed by atoms with Crippen LogP contribution in [-0.2, 0) is 9.59 Å². The van der Waals surface area contributed by atoms with Crippen LogP contribution >= 0.6 is 0 Å². The van der Waals surface area contributed by atoms with E-state index in [0.717, 1.165) is 5.56 Å². The van der Waals surface area contributed by atoms with Crippen LogP contribution in [0.25, 0.3) is 6.08 Å². The third kappa shape index (κ3) is 2.09. The summed E-state index contributed by atoms with van der Waals surface area (Å²) in [6.07, 6.45) is 2.92. The summed E-state index contributed by atoms with van der Waals surface area (Å²) in [5, 5.41) is 1.23. The highest BCUT2D eigenvalue weighted by Gasteiger charge is 2.34. The molecule has 2 amide bonds. The number of benzene rings is 1. The molecule has 2 heterocycles. The van der Waals surface area contributed by atoms with Gasteiger partial charge in [0.1, 0.15) is 11.3 Å². The fourth-order valence-electron chi connectivity index (χ4n) is 1.95. The van der Waals surface area contributed by atoms with Gasteiger partial charge in [0, 0.05) is 0 Å². The largest absolute Gasteiger partial charge is 0.465 e. The molecule has 1 aliphatic rings. The summed E-state index contributed by atoms with van der Waals surface area (Å²) in [5.41, 5.74) is 4.30. The van der Waals surface area contributed by atoms with Gasteiger partial charge in [-0.1, -0.05) is 17.7 Å².